The van der Waals surface area contributed by atoms with Crippen LogP contribution in [0.1, 0.15) is 10.4 Å². The molecule has 5 heteroatoms. The number of hydrogen-bond donors (Lipinski definition) is 1. The maximum atomic E-state index is 6.05. The maximum absolute atomic E-state index is 6.05. The summed E-state index contributed by atoms with van der Waals surface area (Å²) in [6.07, 6.45) is 0. The van der Waals surface area contributed by atoms with Crippen molar-refractivity contribution in [2.24, 2.45) is 10.7 Å². The number of halogens is 1. The summed E-state index contributed by atoms with van der Waals surface area (Å²) in [5.41, 5.74) is 7.65. The maximum Gasteiger partial charge on any atom is 0.141 e. The molecule has 0 bridgehead atoms. The Balaban J connectivity index is 1.86. The zero-order valence-corrected chi connectivity index (χ0v) is 13.8. The molecule has 0 unspecified atom stereocenters. The fourth-order valence-electron chi connectivity index (χ4n) is 2.07. The van der Waals surface area contributed by atoms with Gasteiger partial charge in [0.05, 0.1) is 16.4 Å². The molecular formula is C18H15ClN2OS. The standard InChI is InChI=1S/C18H15ClN2OS/c19-12-13-11-14(21-18(20)17-7-4-10-23-17)8-9-16(13)22-15-5-2-1-3-6-15/h1-11H,12H2,(H2,20,21). The van der Waals surface area contributed by atoms with E-state index >= 15 is 0 Å². The predicted octanol–water partition coefficient (Wildman–Crippen LogP) is 5.32. The van der Waals surface area contributed by atoms with Crippen molar-refractivity contribution in [1.29, 1.82) is 0 Å². The van der Waals surface area contributed by atoms with Crippen molar-refractivity contribution < 1.29 is 4.74 Å². The van der Waals surface area contributed by atoms with Crippen molar-refractivity contribution in [3.8, 4) is 11.5 Å². The minimum Gasteiger partial charge on any atom is -0.457 e. The van der Waals surface area contributed by atoms with Gasteiger partial charge in [0.2, 0.25) is 0 Å². The monoisotopic (exact) mass is 342 g/mol. The Bertz CT molecular complexity index is 801. The van der Waals surface area contributed by atoms with Crippen LogP contribution in [-0.4, -0.2) is 5.84 Å². The van der Waals surface area contributed by atoms with Crippen LogP contribution in [0.5, 0.6) is 11.5 Å². The van der Waals surface area contributed by atoms with Crippen LogP contribution in [0.2, 0.25) is 0 Å². The number of nitrogens with two attached hydrogens (primary N) is 1. The molecule has 3 nitrogen and oxygen atoms in total. The van der Waals surface area contributed by atoms with Crippen LogP contribution in [-0.2, 0) is 5.88 Å². The quantitative estimate of drug-likeness (QED) is 0.387. The van der Waals surface area contributed by atoms with Gasteiger partial charge in [0.25, 0.3) is 0 Å². The third-order valence-corrected chi connectivity index (χ3v) is 4.36. The van der Waals surface area contributed by atoms with Crippen molar-refractivity contribution in [3.63, 3.8) is 0 Å². The van der Waals surface area contributed by atoms with Gasteiger partial charge in [-0.1, -0.05) is 24.3 Å². The van der Waals surface area contributed by atoms with Crippen LogP contribution in [0.4, 0.5) is 5.69 Å². The van der Waals surface area contributed by atoms with Gasteiger partial charge < -0.3 is 10.5 Å². The van der Waals surface area contributed by atoms with Crippen molar-refractivity contribution in [2.75, 3.05) is 0 Å². The molecule has 2 aromatic carbocycles. The number of nitrogens with zero attached hydrogens (tertiary/aromatic N) is 1. The van der Waals surface area contributed by atoms with E-state index < -0.39 is 0 Å². The van der Waals surface area contributed by atoms with Crippen LogP contribution >= 0.6 is 22.9 Å². The second kappa shape index (κ2) is 7.31. The Morgan fingerprint density at radius 1 is 1.09 bits per heavy atom. The molecule has 0 saturated carbocycles. The first-order valence-corrected chi connectivity index (χ1v) is 8.47. The number of rotatable bonds is 5. The second-order valence-electron chi connectivity index (χ2n) is 4.82. The molecule has 1 heterocycles. The number of aliphatic imine (C=N–C) groups is 1. The highest BCUT2D eigenvalue weighted by molar-refractivity contribution is 7.12. The zero-order valence-electron chi connectivity index (χ0n) is 12.3. The molecule has 2 N–H and O–H groups in total. The molecule has 3 rings (SSSR count). The molecule has 0 aliphatic heterocycles. The second-order valence-corrected chi connectivity index (χ2v) is 6.03. The van der Waals surface area contributed by atoms with Gasteiger partial charge in [-0.15, -0.1) is 22.9 Å². The average molecular weight is 343 g/mol. The molecule has 0 fully saturated rings. The van der Waals surface area contributed by atoms with Crippen molar-refractivity contribution in [3.05, 3.63) is 76.5 Å². The summed E-state index contributed by atoms with van der Waals surface area (Å²) in [7, 11) is 0. The van der Waals surface area contributed by atoms with Gasteiger partial charge >= 0.3 is 0 Å². The molecule has 0 saturated heterocycles. The average Bonchev–Trinajstić information content (AvgIpc) is 3.12. The largest absolute Gasteiger partial charge is 0.457 e. The number of amidine groups is 1. The highest BCUT2D eigenvalue weighted by Crippen LogP contribution is 2.30. The summed E-state index contributed by atoms with van der Waals surface area (Å²) < 4.78 is 5.87. The summed E-state index contributed by atoms with van der Waals surface area (Å²) in [6, 6.07) is 19.1. The Hall–Kier alpha value is -2.30. The SMILES string of the molecule is NC(=Nc1ccc(Oc2ccccc2)c(CCl)c1)c1cccs1. The lowest BCUT2D eigenvalue weighted by Gasteiger charge is -2.10. The van der Waals surface area contributed by atoms with Crippen LogP contribution in [0.15, 0.2) is 71.0 Å². The van der Waals surface area contributed by atoms with E-state index in [1.165, 1.54) is 0 Å². The number of benzene rings is 2. The van der Waals surface area contributed by atoms with Crippen LogP contribution in [0, 0.1) is 0 Å². The number of ether oxygens (including phenoxy) is 1. The van der Waals surface area contributed by atoms with Gasteiger partial charge in [-0.2, -0.15) is 0 Å². The van der Waals surface area contributed by atoms with Gasteiger partial charge in [0, 0.05) is 5.56 Å². The minimum atomic E-state index is 0.338. The van der Waals surface area contributed by atoms with E-state index in [2.05, 4.69) is 4.99 Å². The zero-order chi connectivity index (χ0) is 16.1. The summed E-state index contributed by atoms with van der Waals surface area (Å²) in [6.45, 7) is 0. The molecule has 0 radical (unpaired) electrons. The fourth-order valence-corrected chi connectivity index (χ4v) is 2.91. The highest BCUT2D eigenvalue weighted by atomic mass is 35.5. The van der Waals surface area contributed by atoms with Gasteiger partial charge in [-0.3, -0.25) is 0 Å². The molecule has 0 aliphatic rings. The number of para-hydroxylation sites is 1. The molecule has 0 atom stereocenters. The summed E-state index contributed by atoms with van der Waals surface area (Å²) in [5.74, 6) is 2.33. The molecule has 1 aromatic heterocycles. The molecule has 116 valence electrons. The topological polar surface area (TPSA) is 47.6 Å². The number of alkyl halides is 1. The van der Waals surface area contributed by atoms with Crippen molar-refractivity contribution >= 4 is 34.5 Å². The third kappa shape index (κ3) is 3.92. The lowest BCUT2D eigenvalue weighted by molar-refractivity contribution is 0.478. The van der Waals surface area contributed by atoms with E-state index in [9.17, 15) is 0 Å². The Kier molecular flexibility index (Phi) is 4.95. The van der Waals surface area contributed by atoms with Crippen molar-refractivity contribution in [1.82, 2.24) is 0 Å². The Morgan fingerprint density at radius 3 is 2.61 bits per heavy atom. The van der Waals surface area contributed by atoms with Crippen molar-refractivity contribution in [2.45, 2.75) is 5.88 Å². The molecule has 23 heavy (non-hydrogen) atoms. The van der Waals surface area contributed by atoms with Gasteiger partial charge in [0.15, 0.2) is 0 Å². The van der Waals surface area contributed by atoms with E-state index in [1.807, 2.05) is 66.0 Å². The van der Waals surface area contributed by atoms with E-state index in [0.717, 1.165) is 27.6 Å². The summed E-state index contributed by atoms with van der Waals surface area (Å²) in [5, 5.41) is 1.97. The van der Waals surface area contributed by atoms with E-state index in [-0.39, 0.29) is 0 Å². The number of hydrogen-bond acceptors (Lipinski definition) is 3. The molecular weight excluding hydrogens is 328 g/mol. The van der Waals surface area contributed by atoms with E-state index in [0.29, 0.717) is 11.7 Å². The van der Waals surface area contributed by atoms with Gasteiger partial charge in [-0.25, -0.2) is 4.99 Å². The predicted molar refractivity (Wildman–Crippen MR) is 97.2 cm³/mol. The lowest BCUT2D eigenvalue weighted by Crippen LogP contribution is -2.10. The molecule has 0 amide bonds. The normalized spacial score (nSPS) is 11.4. The van der Waals surface area contributed by atoms with E-state index in [4.69, 9.17) is 22.1 Å². The summed E-state index contributed by atoms with van der Waals surface area (Å²) >= 11 is 7.61. The minimum absolute atomic E-state index is 0.338. The molecule has 0 spiro atoms. The third-order valence-electron chi connectivity index (χ3n) is 3.18. The first kappa shape index (κ1) is 15.6. The Morgan fingerprint density at radius 2 is 1.91 bits per heavy atom. The lowest BCUT2D eigenvalue weighted by atomic mass is 10.2. The Labute approximate surface area is 144 Å². The van der Waals surface area contributed by atoms with Gasteiger partial charge in [0.1, 0.15) is 17.3 Å². The van der Waals surface area contributed by atoms with Crippen LogP contribution in [0.3, 0.4) is 0 Å². The summed E-state index contributed by atoms with van der Waals surface area (Å²) in [4.78, 5) is 5.40. The highest BCUT2D eigenvalue weighted by Gasteiger charge is 2.07. The van der Waals surface area contributed by atoms with Gasteiger partial charge in [-0.05, 0) is 41.8 Å². The number of thiophene rings is 1. The van der Waals surface area contributed by atoms with Crippen LogP contribution in [0.25, 0.3) is 0 Å². The first-order chi connectivity index (χ1) is 11.3. The fraction of sp³-hybridized carbons (Fsp3) is 0.0556. The van der Waals surface area contributed by atoms with Crippen LogP contribution < -0.4 is 10.5 Å². The van der Waals surface area contributed by atoms with E-state index in [1.54, 1.807) is 11.3 Å². The molecule has 0 aliphatic carbocycles. The molecule has 3 aromatic rings. The first-order valence-electron chi connectivity index (χ1n) is 7.06. The smallest absolute Gasteiger partial charge is 0.141 e.